The van der Waals surface area contributed by atoms with Crippen molar-refractivity contribution < 1.29 is 17.4 Å². The van der Waals surface area contributed by atoms with E-state index in [1.807, 2.05) is 0 Å². The van der Waals surface area contributed by atoms with Crippen LogP contribution in [0.4, 0.5) is 18.9 Å². The van der Waals surface area contributed by atoms with Crippen LogP contribution in [0.2, 0.25) is 10.0 Å². The molecule has 4 nitrogen and oxygen atoms in total. The number of nitrogens with zero attached hydrogens (tertiary/aromatic N) is 1. The van der Waals surface area contributed by atoms with Gasteiger partial charge in [0.15, 0.2) is 11.0 Å². The van der Waals surface area contributed by atoms with E-state index < -0.39 is 28.4 Å². The summed E-state index contributed by atoms with van der Waals surface area (Å²) >= 11 is 11.5. The maximum Gasteiger partial charge on any atom is 0.151 e. The van der Waals surface area contributed by atoms with Gasteiger partial charge in [0.1, 0.15) is 23.5 Å². The van der Waals surface area contributed by atoms with Gasteiger partial charge in [-0.3, -0.25) is 4.72 Å². The quantitative estimate of drug-likeness (QED) is 0.544. The smallest absolute Gasteiger partial charge is 0.151 e. The fraction of sp³-hybridized carbons (Fsp3) is 0. The molecule has 0 radical (unpaired) electrons. The summed E-state index contributed by atoms with van der Waals surface area (Å²) in [6.07, 6.45) is 1.32. The summed E-state index contributed by atoms with van der Waals surface area (Å²) in [6.45, 7) is 0. The van der Waals surface area contributed by atoms with E-state index >= 15 is 0 Å². The van der Waals surface area contributed by atoms with Gasteiger partial charge >= 0.3 is 0 Å². The van der Waals surface area contributed by atoms with Gasteiger partial charge in [-0.2, -0.15) is 5.26 Å². The van der Waals surface area contributed by atoms with Crippen LogP contribution >= 0.6 is 23.2 Å². The average molecular weight is 430 g/mol. The lowest BCUT2D eigenvalue weighted by atomic mass is 10.1. The molecule has 1 heterocycles. The molecule has 138 valence electrons. The van der Waals surface area contributed by atoms with E-state index in [2.05, 4.69) is 9.71 Å². The number of H-pyrrole nitrogens is 1. The summed E-state index contributed by atoms with van der Waals surface area (Å²) in [7, 11) is -1.92. The first kappa shape index (κ1) is 19.3. The molecule has 1 unspecified atom stereocenters. The van der Waals surface area contributed by atoms with E-state index in [4.69, 9.17) is 28.5 Å². The van der Waals surface area contributed by atoms with Crippen LogP contribution in [-0.4, -0.2) is 9.19 Å². The first-order chi connectivity index (χ1) is 12.8. The van der Waals surface area contributed by atoms with Crippen LogP contribution in [-0.2, 0) is 11.0 Å². The molecular weight excluding hydrogens is 422 g/mol. The molecule has 0 spiro atoms. The van der Waals surface area contributed by atoms with Crippen molar-refractivity contribution in [3.05, 3.63) is 69.6 Å². The molecule has 3 rings (SSSR count). The van der Waals surface area contributed by atoms with Crippen molar-refractivity contribution in [1.82, 2.24) is 4.98 Å². The summed E-state index contributed by atoms with van der Waals surface area (Å²) in [4.78, 5) is 2.87. The topological polar surface area (TPSA) is 68.7 Å². The summed E-state index contributed by atoms with van der Waals surface area (Å²) in [5, 5.41) is 8.54. The van der Waals surface area contributed by atoms with Crippen molar-refractivity contribution in [1.29, 1.82) is 5.26 Å². The molecule has 1 atom stereocenters. The standard InChI is InChI=1S/C17H8Cl2F3N3OS/c18-11-4-17(15(22)1-8(11)6-23)25-27(26)9-2-16(24-7-9)10-3-12(19)14(21)5-13(10)20/h1-5,7,24-25H. The molecule has 2 N–H and O–H groups in total. The van der Waals surface area contributed by atoms with Gasteiger partial charge in [-0.15, -0.1) is 0 Å². The molecule has 0 saturated heterocycles. The van der Waals surface area contributed by atoms with Gasteiger partial charge in [-0.25, -0.2) is 17.4 Å². The second-order valence-corrected chi connectivity index (χ2v) is 7.32. The SMILES string of the molecule is N#Cc1cc(F)c(NS(=O)c2c[nH]c(-c3cc(Cl)c(F)cc3F)c2)cc1Cl. The normalized spacial score (nSPS) is 11.9. The predicted molar refractivity (Wildman–Crippen MR) is 97.3 cm³/mol. The lowest BCUT2D eigenvalue weighted by Crippen LogP contribution is -2.06. The molecule has 1 aromatic heterocycles. The zero-order valence-corrected chi connectivity index (χ0v) is 15.4. The van der Waals surface area contributed by atoms with Crippen LogP contribution in [0.1, 0.15) is 5.56 Å². The van der Waals surface area contributed by atoms with Gasteiger partial charge in [0.25, 0.3) is 0 Å². The summed E-state index contributed by atoms with van der Waals surface area (Å²) < 4.78 is 56.0. The van der Waals surface area contributed by atoms with Crippen molar-refractivity contribution >= 4 is 39.9 Å². The van der Waals surface area contributed by atoms with Crippen molar-refractivity contribution in [2.75, 3.05) is 4.72 Å². The third kappa shape index (κ3) is 3.95. The first-order valence-electron chi connectivity index (χ1n) is 7.21. The van der Waals surface area contributed by atoms with Crippen LogP contribution in [0, 0.1) is 28.8 Å². The molecule has 10 heteroatoms. The summed E-state index contributed by atoms with van der Waals surface area (Å²) in [6, 6.07) is 6.87. The monoisotopic (exact) mass is 429 g/mol. The molecule has 3 aromatic rings. The molecule has 0 aliphatic rings. The van der Waals surface area contributed by atoms with Crippen molar-refractivity contribution in [3.63, 3.8) is 0 Å². The number of nitriles is 1. The molecule has 0 amide bonds. The van der Waals surface area contributed by atoms with Gasteiger partial charge < -0.3 is 4.98 Å². The summed E-state index contributed by atoms with van der Waals surface area (Å²) in [5.74, 6) is -2.56. The number of aromatic amines is 1. The van der Waals surface area contributed by atoms with E-state index in [1.54, 1.807) is 6.07 Å². The van der Waals surface area contributed by atoms with Gasteiger partial charge in [0, 0.05) is 23.5 Å². The predicted octanol–water partition coefficient (Wildman–Crippen LogP) is 5.41. The molecule has 0 fully saturated rings. The van der Waals surface area contributed by atoms with Crippen LogP contribution in [0.3, 0.4) is 0 Å². The highest BCUT2D eigenvalue weighted by Crippen LogP contribution is 2.29. The number of benzene rings is 2. The molecule has 2 aromatic carbocycles. The number of halogens is 5. The Hall–Kier alpha value is -2.47. The van der Waals surface area contributed by atoms with Gasteiger partial charge in [-0.05, 0) is 24.3 Å². The Bertz CT molecular complexity index is 1110. The molecule has 27 heavy (non-hydrogen) atoms. The molecule has 0 saturated carbocycles. The van der Waals surface area contributed by atoms with Crippen molar-refractivity contribution in [2.24, 2.45) is 0 Å². The minimum Gasteiger partial charge on any atom is -0.360 e. The van der Waals surface area contributed by atoms with Crippen LogP contribution in [0.5, 0.6) is 0 Å². The van der Waals surface area contributed by atoms with Crippen LogP contribution < -0.4 is 4.72 Å². The number of aromatic nitrogens is 1. The molecular formula is C17H8Cl2F3N3OS. The lowest BCUT2D eigenvalue weighted by molar-refractivity contribution is 0.585. The number of anilines is 1. The van der Waals surface area contributed by atoms with E-state index in [0.717, 1.165) is 18.2 Å². The second-order valence-electron chi connectivity index (χ2n) is 5.29. The molecule has 0 bridgehead atoms. The molecule has 0 aliphatic heterocycles. The van der Waals surface area contributed by atoms with Crippen molar-refractivity contribution in [2.45, 2.75) is 4.90 Å². The van der Waals surface area contributed by atoms with E-state index in [9.17, 15) is 17.4 Å². The number of hydrogen-bond acceptors (Lipinski definition) is 2. The van der Waals surface area contributed by atoms with Gasteiger partial charge in [-0.1, -0.05) is 23.2 Å². The van der Waals surface area contributed by atoms with Crippen LogP contribution in [0.25, 0.3) is 11.3 Å². The lowest BCUT2D eigenvalue weighted by Gasteiger charge is -2.07. The second kappa shape index (κ2) is 7.64. The first-order valence-corrected chi connectivity index (χ1v) is 9.11. The van der Waals surface area contributed by atoms with Crippen LogP contribution in [0.15, 0.2) is 41.4 Å². The number of rotatable bonds is 4. The zero-order valence-electron chi connectivity index (χ0n) is 13.1. The Morgan fingerprint density at radius 2 is 1.74 bits per heavy atom. The third-order valence-corrected chi connectivity index (χ3v) is 5.22. The zero-order chi connectivity index (χ0) is 19.7. The minimum absolute atomic E-state index is 0.00353. The van der Waals surface area contributed by atoms with E-state index in [0.29, 0.717) is 6.07 Å². The maximum atomic E-state index is 14.0. The minimum atomic E-state index is -1.92. The Balaban J connectivity index is 1.87. The number of nitrogens with one attached hydrogen (secondary N) is 2. The highest BCUT2D eigenvalue weighted by Gasteiger charge is 2.16. The third-order valence-electron chi connectivity index (χ3n) is 3.55. The Labute approximate surface area is 164 Å². The van der Waals surface area contributed by atoms with E-state index in [1.165, 1.54) is 12.3 Å². The largest absolute Gasteiger partial charge is 0.360 e. The van der Waals surface area contributed by atoms with E-state index in [-0.39, 0.29) is 37.4 Å². The maximum absolute atomic E-state index is 14.0. The average Bonchev–Trinajstić information content (AvgIpc) is 3.11. The molecule has 0 aliphatic carbocycles. The Kier molecular flexibility index (Phi) is 5.46. The summed E-state index contributed by atoms with van der Waals surface area (Å²) in [5.41, 5.74) is -0.0377. The Morgan fingerprint density at radius 1 is 1.00 bits per heavy atom. The number of hydrogen-bond donors (Lipinski definition) is 2. The fourth-order valence-electron chi connectivity index (χ4n) is 2.24. The van der Waals surface area contributed by atoms with Gasteiger partial charge in [0.2, 0.25) is 0 Å². The van der Waals surface area contributed by atoms with Gasteiger partial charge in [0.05, 0.1) is 26.2 Å². The highest BCUT2D eigenvalue weighted by molar-refractivity contribution is 7.86. The highest BCUT2D eigenvalue weighted by atomic mass is 35.5. The van der Waals surface area contributed by atoms with Crippen molar-refractivity contribution in [3.8, 4) is 17.3 Å². The Morgan fingerprint density at radius 3 is 2.44 bits per heavy atom. The fourth-order valence-corrected chi connectivity index (χ4v) is 3.47.